The van der Waals surface area contributed by atoms with Crippen molar-refractivity contribution in [2.75, 3.05) is 25.5 Å². The minimum Gasteiger partial charge on any atom is -0.387 e. The lowest BCUT2D eigenvalue weighted by atomic mass is 10.0. The predicted molar refractivity (Wildman–Crippen MR) is 130 cm³/mol. The van der Waals surface area contributed by atoms with Crippen molar-refractivity contribution in [3.63, 3.8) is 0 Å². The van der Waals surface area contributed by atoms with E-state index in [-0.39, 0.29) is 43.0 Å². The van der Waals surface area contributed by atoms with E-state index < -0.39 is 18.6 Å². The third-order valence-corrected chi connectivity index (χ3v) is 6.49. The van der Waals surface area contributed by atoms with E-state index in [0.717, 1.165) is 16.7 Å². The molecule has 2 aromatic carbocycles. The Morgan fingerprint density at radius 2 is 1.83 bits per heavy atom. The number of rotatable bonds is 8. The molecule has 0 bridgehead atoms. The number of likely N-dealkylation sites (N-methyl/N-ethyl adjacent to an activating group) is 1. The maximum absolute atomic E-state index is 12.8. The largest absolute Gasteiger partial charge is 0.387 e. The number of aliphatic hydroxyl groups excluding tert-OH is 1. The molecule has 1 fully saturated rings. The average Bonchev–Trinajstić information content (AvgIpc) is 3.18. The Bertz CT molecular complexity index is 1210. The van der Waals surface area contributed by atoms with Gasteiger partial charge in [0, 0.05) is 37.8 Å². The molecule has 2 aliphatic heterocycles. The number of hydrogen-bond donors (Lipinski definition) is 3. The lowest BCUT2D eigenvalue weighted by Crippen LogP contribution is -2.52. The van der Waals surface area contributed by atoms with Crippen molar-refractivity contribution >= 4 is 35.2 Å². The molecule has 0 saturated carbocycles. The van der Waals surface area contributed by atoms with Crippen LogP contribution in [0.25, 0.3) is 0 Å². The van der Waals surface area contributed by atoms with Crippen LogP contribution >= 0.6 is 0 Å². The van der Waals surface area contributed by atoms with Gasteiger partial charge in [-0.05, 0) is 47.7 Å². The predicted octanol–water partition coefficient (Wildman–Crippen LogP) is 0.622. The maximum Gasteiger partial charge on any atom is 0.255 e. The highest BCUT2D eigenvalue weighted by atomic mass is 16.3. The van der Waals surface area contributed by atoms with Crippen LogP contribution in [0.2, 0.25) is 0 Å². The number of amides is 5. The first kappa shape index (κ1) is 25.1. The quantitative estimate of drug-likeness (QED) is 0.463. The Kier molecular flexibility index (Phi) is 7.44. The first-order valence-electron chi connectivity index (χ1n) is 11.7. The van der Waals surface area contributed by atoms with Crippen LogP contribution in [0.1, 0.15) is 39.9 Å². The summed E-state index contributed by atoms with van der Waals surface area (Å²) >= 11 is 0. The lowest BCUT2D eigenvalue weighted by Gasteiger charge is -2.29. The lowest BCUT2D eigenvalue weighted by molar-refractivity contribution is -0.137. The number of piperidine rings is 1. The van der Waals surface area contributed by atoms with Gasteiger partial charge < -0.3 is 20.2 Å². The smallest absolute Gasteiger partial charge is 0.255 e. The van der Waals surface area contributed by atoms with Gasteiger partial charge in [-0.1, -0.05) is 24.3 Å². The minimum atomic E-state index is -0.673. The van der Waals surface area contributed by atoms with Crippen LogP contribution in [0.5, 0.6) is 0 Å². The molecule has 36 heavy (non-hydrogen) atoms. The number of anilines is 1. The second-order valence-corrected chi connectivity index (χ2v) is 9.04. The highest BCUT2D eigenvalue weighted by Crippen LogP contribution is 2.28. The summed E-state index contributed by atoms with van der Waals surface area (Å²) in [5.74, 6) is -1.57. The molecular formula is C26H28N4O6. The summed E-state index contributed by atoms with van der Waals surface area (Å²) in [6, 6.07) is 11.9. The Morgan fingerprint density at radius 1 is 1.11 bits per heavy atom. The average molecular weight is 493 g/mol. The number of nitrogens with one attached hydrogen (secondary N) is 2. The van der Waals surface area contributed by atoms with E-state index in [1.165, 1.54) is 9.80 Å². The molecule has 0 radical (unpaired) electrons. The molecule has 2 heterocycles. The van der Waals surface area contributed by atoms with Crippen molar-refractivity contribution in [2.45, 2.75) is 38.3 Å². The summed E-state index contributed by atoms with van der Waals surface area (Å²) in [6.07, 6.45) is 1.25. The molecule has 0 aromatic heterocycles. The molecule has 4 rings (SSSR count). The number of hydrogen-bond acceptors (Lipinski definition) is 6. The summed E-state index contributed by atoms with van der Waals surface area (Å²) in [6.45, 7) is 0.226. The Balaban J connectivity index is 1.32. The van der Waals surface area contributed by atoms with E-state index >= 15 is 0 Å². The number of aliphatic hydroxyl groups is 1. The van der Waals surface area contributed by atoms with Gasteiger partial charge >= 0.3 is 0 Å². The summed E-state index contributed by atoms with van der Waals surface area (Å²) in [5.41, 5.74) is 3.64. The summed E-state index contributed by atoms with van der Waals surface area (Å²) in [5, 5.41) is 14.0. The van der Waals surface area contributed by atoms with Gasteiger partial charge in [0.05, 0.1) is 6.42 Å². The van der Waals surface area contributed by atoms with Gasteiger partial charge in [-0.2, -0.15) is 0 Å². The van der Waals surface area contributed by atoms with Crippen LogP contribution in [0, 0.1) is 0 Å². The zero-order valence-electron chi connectivity index (χ0n) is 20.0. The standard InChI is InChI=1S/C26H28N4O6/c1-29(24(34)15-31)11-10-16-2-5-19(6-3-16)27-23(33)13-17-4-7-20-18(12-17)14-30(26(20)36)21-8-9-22(32)28-25(21)35/h2-7,12,21,31H,8-11,13-15H2,1H3,(H,27,33)(H,28,32,35). The Labute approximate surface area is 208 Å². The van der Waals surface area contributed by atoms with Crippen LogP contribution in [0.3, 0.4) is 0 Å². The second-order valence-electron chi connectivity index (χ2n) is 9.04. The number of carbonyl (C=O) groups is 5. The summed E-state index contributed by atoms with van der Waals surface area (Å²) in [4.78, 5) is 63.4. The Morgan fingerprint density at radius 3 is 2.53 bits per heavy atom. The number of nitrogens with zero attached hydrogens (tertiary/aromatic N) is 2. The normalized spacial score (nSPS) is 17.0. The molecule has 2 aromatic rings. The molecular weight excluding hydrogens is 464 g/mol. The summed E-state index contributed by atoms with van der Waals surface area (Å²) in [7, 11) is 1.63. The van der Waals surface area contributed by atoms with Crippen LogP contribution in [-0.2, 0) is 38.6 Å². The Hall–Kier alpha value is -4.05. The fourth-order valence-corrected chi connectivity index (χ4v) is 4.43. The molecule has 5 amide bonds. The second kappa shape index (κ2) is 10.7. The molecule has 10 nitrogen and oxygen atoms in total. The van der Waals surface area contributed by atoms with Crippen molar-refractivity contribution in [1.29, 1.82) is 0 Å². The van der Waals surface area contributed by atoms with Crippen LogP contribution < -0.4 is 10.6 Å². The summed E-state index contributed by atoms with van der Waals surface area (Å²) < 4.78 is 0. The topological polar surface area (TPSA) is 136 Å². The van der Waals surface area contributed by atoms with Gasteiger partial charge in [-0.3, -0.25) is 29.3 Å². The van der Waals surface area contributed by atoms with E-state index in [1.807, 2.05) is 18.2 Å². The van der Waals surface area contributed by atoms with Crippen molar-refractivity contribution in [2.24, 2.45) is 0 Å². The molecule has 0 spiro atoms. The van der Waals surface area contributed by atoms with Crippen LogP contribution in [0.15, 0.2) is 42.5 Å². The van der Waals surface area contributed by atoms with Crippen molar-refractivity contribution < 1.29 is 29.1 Å². The van der Waals surface area contributed by atoms with E-state index in [9.17, 15) is 24.0 Å². The first-order chi connectivity index (χ1) is 17.2. The number of benzene rings is 2. The van der Waals surface area contributed by atoms with E-state index in [2.05, 4.69) is 10.6 Å². The van der Waals surface area contributed by atoms with E-state index in [4.69, 9.17) is 5.11 Å². The fraction of sp³-hybridized carbons (Fsp3) is 0.346. The fourth-order valence-electron chi connectivity index (χ4n) is 4.43. The van der Waals surface area contributed by atoms with Gasteiger partial charge in [0.25, 0.3) is 5.91 Å². The van der Waals surface area contributed by atoms with Crippen molar-refractivity contribution in [3.05, 3.63) is 64.7 Å². The maximum atomic E-state index is 12.8. The first-order valence-corrected chi connectivity index (χ1v) is 11.7. The van der Waals surface area contributed by atoms with Crippen molar-refractivity contribution in [3.8, 4) is 0 Å². The molecule has 1 atom stereocenters. The van der Waals surface area contributed by atoms with Gasteiger partial charge in [0.15, 0.2) is 0 Å². The monoisotopic (exact) mass is 492 g/mol. The number of imide groups is 1. The highest BCUT2D eigenvalue weighted by Gasteiger charge is 2.39. The molecule has 188 valence electrons. The molecule has 1 unspecified atom stereocenters. The third-order valence-electron chi connectivity index (χ3n) is 6.49. The van der Waals surface area contributed by atoms with E-state index in [1.54, 1.807) is 31.3 Å². The van der Waals surface area contributed by atoms with Gasteiger partial charge in [-0.15, -0.1) is 0 Å². The molecule has 2 aliphatic rings. The van der Waals surface area contributed by atoms with Crippen LogP contribution in [0.4, 0.5) is 5.69 Å². The molecule has 3 N–H and O–H groups in total. The van der Waals surface area contributed by atoms with Crippen molar-refractivity contribution in [1.82, 2.24) is 15.1 Å². The molecule has 10 heteroatoms. The third kappa shape index (κ3) is 5.60. The number of fused-ring (bicyclic) bond motifs is 1. The molecule has 0 aliphatic carbocycles. The zero-order valence-corrected chi connectivity index (χ0v) is 20.0. The molecule has 1 saturated heterocycles. The van der Waals surface area contributed by atoms with Gasteiger partial charge in [-0.25, -0.2) is 0 Å². The SMILES string of the molecule is CN(CCc1ccc(NC(=O)Cc2ccc3c(c2)CN(C2CCC(=O)NC2=O)C3=O)cc1)C(=O)CO. The van der Waals surface area contributed by atoms with Crippen LogP contribution in [-0.4, -0.2) is 70.7 Å². The van der Waals surface area contributed by atoms with Gasteiger partial charge in [0.1, 0.15) is 12.6 Å². The minimum absolute atomic E-state index is 0.121. The highest BCUT2D eigenvalue weighted by molar-refractivity contribution is 6.05. The van der Waals surface area contributed by atoms with Gasteiger partial charge in [0.2, 0.25) is 23.6 Å². The zero-order chi connectivity index (χ0) is 25.8. The van der Waals surface area contributed by atoms with E-state index in [0.29, 0.717) is 30.6 Å². The number of carbonyl (C=O) groups excluding carboxylic acids is 5.